The molecule has 2 bridgehead atoms. The molecule has 21 heavy (non-hydrogen) atoms. The van der Waals surface area contributed by atoms with E-state index in [-0.39, 0.29) is 16.9 Å². The van der Waals surface area contributed by atoms with Gasteiger partial charge in [-0.3, -0.25) is 0 Å². The number of aromatic hydroxyl groups is 1. The predicted octanol–water partition coefficient (Wildman–Crippen LogP) is 3.67. The van der Waals surface area contributed by atoms with Crippen LogP contribution in [0.15, 0.2) is 29.3 Å². The van der Waals surface area contributed by atoms with Crippen LogP contribution in [-0.2, 0) is 11.8 Å². The summed E-state index contributed by atoms with van der Waals surface area (Å²) in [7, 11) is 0. The summed E-state index contributed by atoms with van der Waals surface area (Å²) < 4.78 is 0. The van der Waals surface area contributed by atoms with Gasteiger partial charge in [0.05, 0.1) is 0 Å². The molecule has 1 fully saturated rings. The van der Waals surface area contributed by atoms with Crippen molar-refractivity contribution in [1.29, 1.82) is 0 Å². The third kappa shape index (κ3) is 1.33. The molecule has 1 unspecified atom stereocenters. The number of rotatable bonds is 0. The summed E-state index contributed by atoms with van der Waals surface area (Å²) in [5, 5.41) is 10.0. The van der Waals surface area contributed by atoms with Gasteiger partial charge in [-0.1, -0.05) is 24.1 Å². The number of nitrogens with two attached hydrogens (primary N) is 1. The highest BCUT2D eigenvalue weighted by atomic mass is 16.3. The van der Waals surface area contributed by atoms with Crippen LogP contribution in [0.1, 0.15) is 51.2 Å². The van der Waals surface area contributed by atoms with E-state index in [1.807, 2.05) is 12.1 Å². The van der Waals surface area contributed by atoms with Crippen molar-refractivity contribution in [2.24, 2.45) is 17.1 Å². The fourth-order valence-electron chi connectivity index (χ4n) is 5.97. The minimum Gasteiger partial charge on any atom is -0.508 e. The first-order chi connectivity index (χ1) is 9.92. The molecule has 112 valence electrons. The van der Waals surface area contributed by atoms with Crippen molar-refractivity contribution in [2.45, 2.75) is 57.9 Å². The van der Waals surface area contributed by atoms with Crippen LogP contribution in [0.25, 0.3) is 0 Å². The van der Waals surface area contributed by atoms with Gasteiger partial charge in [-0.05, 0) is 68.7 Å². The Kier molecular flexibility index (Phi) is 2.50. The third-order valence-corrected chi connectivity index (χ3v) is 7.24. The van der Waals surface area contributed by atoms with E-state index < -0.39 is 0 Å². The minimum atomic E-state index is 0.0666. The maximum atomic E-state index is 10.0. The molecule has 3 aliphatic carbocycles. The molecule has 0 heterocycles. The number of benzene rings is 1. The molecule has 1 saturated carbocycles. The highest BCUT2D eigenvalue weighted by molar-refractivity contribution is 5.51. The van der Waals surface area contributed by atoms with Gasteiger partial charge in [0, 0.05) is 16.9 Å². The molecule has 3 aliphatic rings. The van der Waals surface area contributed by atoms with Crippen LogP contribution >= 0.6 is 0 Å². The van der Waals surface area contributed by atoms with Gasteiger partial charge in [0.25, 0.3) is 0 Å². The number of hydrogen-bond donors (Lipinski definition) is 2. The molecule has 1 aromatic rings. The molecule has 0 aromatic heterocycles. The second kappa shape index (κ2) is 3.92. The molecule has 4 rings (SSSR count). The summed E-state index contributed by atoms with van der Waals surface area (Å²) in [5.41, 5.74) is 12.8. The van der Waals surface area contributed by atoms with Gasteiger partial charge in [0.1, 0.15) is 5.75 Å². The summed E-state index contributed by atoms with van der Waals surface area (Å²) in [6.07, 6.45) is 4.59. The molecule has 3 N–H and O–H groups in total. The summed E-state index contributed by atoms with van der Waals surface area (Å²) in [6, 6.07) is 6.19. The Balaban J connectivity index is 2.00. The van der Waals surface area contributed by atoms with E-state index >= 15 is 0 Å². The Bertz CT molecular complexity index is 662. The number of aryl methyl sites for hydroxylation is 1. The van der Waals surface area contributed by atoms with E-state index in [9.17, 15) is 5.11 Å². The van der Waals surface area contributed by atoms with E-state index in [1.54, 1.807) is 0 Å². The fourth-order valence-corrected chi connectivity index (χ4v) is 5.97. The number of phenols is 1. The average Bonchev–Trinajstić information content (AvgIpc) is 2.58. The van der Waals surface area contributed by atoms with Crippen molar-refractivity contribution >= 4 is 0 Å². The molecule has 0 aliphatic heterocycles. The zero-order valence-corrected chi connectivity index (χ0v) is 13.2. The summed E-state index contributed by atoms with van der Waals surface area (Å²) in [5.74, 6) is 0.955. The van der Waals surface area contributed by atoms with Gasteiger partial charge in [0.2, 0.25) is 0 Å². The van der Waals surface area contributed by atoms with Gasteiger partial charge in [-0.25, -0.2) is 0 Å². The first-order valence-electron chi connectivity index (χ1n) is 8.17. The lowest BCUT2D eigenvalue weighted by Gasteiger charge is -2.58. The van der Waals surface area contributed by atoms with E-state index in [0.29, 0.717) is 11.7 Å². The normalized spacial score (nSPS) is 41.0. The monoisotopic (exact) mass is 283 g/mol. The Morgan fingerprint density at radius 2 is 2.00 bits per heavy atom. The van der Waals surface area contributed by atoms with Crippen molar-refractivity contribution in [1.82, 2.24) is 0 Å². The van der Waals surface area contributed by atoms with Gasteiger partial charge in [-0.15, -0.1) is 0 Å². The second-order valence-corrected chi connectivity index (χ2v) is 7.62. The molecular weight excluding hydrogens is 258 g/mol. The minimum absolute atomic E-state index is 0.0666. The van der Waals surface area contributed by atoms with E-state index in [1.165, 1.54) is 35.1 Å². The van der Waals surface area contributed by atoms with Crippen LogP contribution in [0.5, 0.6) is 5.75 Å². The summed E-state index contributed by atoms with van der Waals surface area (Å²) >= 11 is 0. The Hall–Kier alpha value is -1.28. The fraction of sp³-hybridized carbons (Fsp3) is 0.579. The molecule has 2 heteroatoms. The zero-order valence-electron chi connectivity index (χ0n) is 13.2. The molecule has 0 amide bonds. The maximum Gasteiger partial charge on any atom is 0.115 e. The van der Waals surface area contributed by atoms with Crippen molar-refractivity contribution in [3.63, 3.8) is 0 Å². The van der Waals surface area contributed by atoms with Crippen LogP contribution in [-0.4, -0.2) is 11.1 Å². The van der Waals surface area contributed by atoms with Crippen LogP contribution in [0.2, 0.25) is 0 Å². The highest BCUT2D eigenvalue weighted by Gasteiger charge is 2.63. The van der Waals surface area contributed by atoms with Crippen molar-refractivity contribution in [2.75, 3.05) is 0 Å². The van der Waals surface area contributed by atoms with Crippen LogP contribution < -0.4 is 5.73 Å². The highest BCUT2D eigenvalue weighted by Crippen LogP contribution is 2.67. The molecule has 4 atom stereocenters. The molecule has 1 spiro atoms. The number of hydrogen-bond acceptors (Lipinski definition) is 2. The van der Waals surface area contributed by atoms with Gasteiger partial charge < -0.3 is 10.8 Å². The van der Waals surface area contributed by atoms with E-state index in [4.69, 9.17) is 5.73 Å². The molecule has 2 nitrogen and oxygen atoms in total. The average molecular weight is 283 g/mol. The van der Waals surface area contributed by atoms with Crippen molar-refractivity contribution < 1.29 is 5.11 Å². The molecule has 0 saturated heterocycles. The van der Waals surface area contributed by atoms with E-state index in [2.05, 4.69) is 26.8 Å². The first-order valence-corrected chi connectivity index (χ1v) is 8.17. The Morgan fingerprint density at radius 3 is 2.76 bits per heavy atom. The number of phenolic OH excluding ortho intramolecular Hbond substituents is 1. The lowest BCUT2D eigenvalue weighted by atomic mass is 9.47. The predicted molar refractivity (Wildman–Crippen MR) is 85.3 cm³/mol. The Labute approximate surface area is 127 Å². The third-order valence-electron chi connectivity index (χ3n) is 7.24. The van der Waals surface area contributed by atoms with Crippen LogP contribution in [0.4, 0.5) is 0 Å². The Morgan fingerprint density at radius 1 is 1.24 bits per heavy atom. The summed E-state index contributed by atoms with van der Waals surface area (Å²) in [6.45, 7) is 6.99. The largest absolute Gasteiger partial charge is 0.508 e. The lowest BCUT2D eigenvalue weighted by molar-refractivity contribution is 0.0573. The quantitative estimate of drug-likeness (QED) is 0.714. The zero-order chi connectivity index (χ0) is 15.0. The SMILES string of the molecule is CC1=C(C)[C@]23CCc4ccc(O)cc4[C@]2(C)CC[C@H]1C3N. The standard InChI is InChI=1S/C19H25NO/c1-11-12(2)19-9-6-13-4-5-14(21)10-16(13)18(19,3)8-7-15(11)17(19)20/h4-5,10,15,17,21H,6-9,20H2,1-3H3/t15-,17?,18+,19+/m1/s1. The smallest absolute Gasteiger partial charge is 0.115 e. The second-order valence-electron chi connectivity index (χ2n) is 7.62. The number of fused-ring (bicyclic) bond motifs is 3. The van der Waals surface area contributed by atoms with Crippen LogP contribution in [0, 0.1) is 11.3 Å². The van der Waals surface area contributed by atoms with Gasteiger partial charge in [-0.2, -0.15) is 0 Å². The van der Waals surface area contributed by atoms with Gasteiger partial charge in [0.15, 0.2) is 0 Å². The summed E-state index contributed by atoms with van der Waals surface area (Å²) in [4.78, 5) is 0. The van der Waals surface area contributed by atoms with Crippen molar-refractivity contribution in [3.05, 3.63) is 40.5 Å². The van der Waals surface area contributed by atoms with Crippen LogP contribution in [0.3, 0.4) is 0 Å². The first kappa shape index (κ1) is 13.4. The molecule has 0 radical (unpaired) electrons. The molecular formula is C19H25NO. The van der Waals surface area contributed by atoms with Crippen molar-refractivity contribution in [3.8, 4) is 5.75 Å². The maximum absolute atomic E-state index is 10.0. The van der Waals surface area contributed by atoms with Gasteiger partial charge >= 0.3 is 0 Å². The lowest BCUT2D eigenvalue weighted by Crippen LogP contribution is -2.60. The molecule has 1 aromatic carbocycles. The topological polar surface area (TPSA) is 46.2 Å². The van der Waals surface area contributed by atoms with E-state index in [0.717, 1.165) is 12.8 Å².